The molecule has 0 saturated carbocycles. The van der Waals surface area contributed by atoms with Gasteiger partial charge in [0.25, 0.3) is 5.91 Å². The van der Waals surface area contributed by atoms with E-state index in [1.165, 1.54) is 6.07 Å². The molecule has 1 heterocycles. The summed E-state index contributed by atoms with van der Waals surface area (Å²) >= 11 is 0. The molecule has 2 aromatic carbocycles. The van der Waals surface area contributed by atoms with Gasteiger partial charge < -0.3 is 10.6 Å². The summed E-state index contributed by atoms with van der Waals surface area (Å²) < 4.78 is 13.5. The lowest BCUT2D eigenvalue weighted by molar-refractivity contribution is 0.0951. The zero-order chi connectivity index (χ0) is 17.1. The number of halogens is 1. The van der Waals surface area contributed by atoms with Gasteiger partial charge in [0, 0.05) is 30.9 Å². The summed E-state index contributed by atoms with van der Waals surface area (Å²) in [5.74, 6) is -0.525. The van der Waals surface area contributed by atoms with Crippen LogP contribution in [0.5, 0.6) is 0 Å². The van der Waals surface area contributed by atoms with E-state index in [0.29, 0.717) is 29.8 Å². The van der Waals surface area contributed by atoms with Gasteiger partial charge in [-0.05, 0) is 48.4 Å². The SMILES string of the molecule is Cc1ccc(CNC(=O)c2ccc(N3CCNC3=O)cc2)cc1F. The highest BCUT2D eigenvalue weighted by Gasteiger charge is 2.21. The van der Waals surface area contributed by atoms with Crippen LogP contribution in [-0.2, 0) is 6.54 Å². The van der Waals surface area contributed by atoms with Crippen LogP contribution in [0.1, 0.15) is 21.5 Å². The second-order valence-corrected chi connectivity index (χ2v) is 5.70. The second kappa shape index (κ2) is 6.70. The third-order valence-corrected chi connectivity index (χ3v) is 3.99. The Morgan fingerprint density at radius 3 is 2.62 bits per heavy atom. The molecule has 0 bridgehead atoms. The van der Waals surface area contributed by atoms with Crippen LogP contribution in [0, 0.1) is 12.7 Å². The Labute approximate surface area is 139 Å². The minimum absolute atomic E-state index is 0.131. The number of hydrogen-bond donors (Lipinski definition) is 2. The van der Waals surface area contributed by atoms with E-state index in [4.69, 9.17) is 0 Å². The van der Waals surface area contributed by atoms with E-state index < -0.39 is 0 Å². The van der Waals surface area contributed by atoms with Crippen molar-refractivity contribution in [1.82, 2.24) is 10.6 Å². The van der Waals surface area contributed by atoms with Crippen molar-refractivity contribution in [2.75, 3.05) is 18.0 Å². The first-order valence-corrected chi connectivity index (χ1v) is 7.73. The van der Waals surface area contributed by atoms with Gasteiger partial charge in [-0.25, -0.2) is 9.18 Å². The molecule has 1 aliphatic rings. The van der Waals surface area contributed by atoms with Crippen LogP contribution in [0.4, 0.5) is 14.9 Å². The van der Waals surface area contributed by atoms with Crippen LogP contribution in [0.3, 0.4) is 0 Å². The number of anilines is 1. The minimum atomic E-state index is -0.282. The molecule has 0 unspecified atom stereocenters. The zero-order valence-corrected chi connectivity index (χ0v) is 13.3. The van der Waals surface area contributed by atoms with Crippen molar-refractivity contribution in [3.05, 3.63) is 65.0 Å². The largest absolute Gasteiger partial charge is 0.348 e. The van der Waals surface area contributed by atoms with E-state index >= 15 is 0 Å². The molecule has 1 aliphatic heterocycles. The van der Waals surface area contributed by atoms with E-state index in [0.717, 1.165) is 5.69 Å². The Hall–Kier alpha value is -2.89. The summed E-state index contributed by atoms with van der Waals surface area (Å²) in [6.45, 7) is 3.18. The zero-order valence-electron chi connectivity index (χ0n) is 13.3. The highest BCUT2D eigenvalue weighted by atomic mass is 19.1. The molecule has 6 heteroatoms. The molecule has 24 heavy (non-hydrogen) atoms. The molecule has 2 N–H and O–H groups in total. The highest BCUT2D eigenvalue weighted by molar-refractivity contribution is 5.96. The van der Waals surface area contributed by atoms with Crippen LogP contribution >= 0.6 is 0 Å². The van der Waals surface area contributed by atoms with Crippen molar-refractivity contribution in [1.29, 1.82) is 0 Å². The molecule has 0 atom stereocenters. The smallest absolute Gasteiger partial charge is 0.321 e. The van der Waals surface area contributed by atoms with Crippen molar-refractivity contribution >= 4 is 17.6 Å². The molecule has 0 aliphatic carbocycles. The van der Waals surface area contributed by atoms with Gasteiger partial charge in [-0.15, -0.1) is 0 Å². The summed E-state index contributed by atoms with van der Waals surface area (Å²) in [5, 5.41) is 5.49. The van der Waals surface area contributed by atoms with Crippen molar-refractivity contribution in [2.45, 2.75) is 13.5 Å². The molecule has 0 radical (unpaired) electrons. The normalized spacial score (nSPS) is 13.8. The first-order valence-electron chi connectivity index (χ1n) is 7.73. The predicted molar refractivity (Wildman–Crippen MR) is 89.5 cm³/mol. The topological polar surface area (TPSA) is 61.4 Å². The van der Waals surface area contributed by atoms with Gasteiger partial charge in [0.15, 0.2) is 0 Å². The summed E-state index contributed by atoms with van der Waals surface area (Å²) in [4.78, 5) is 25.4. The number of nitrogens with one attached hydrogen (secondary N) is 2. The predicted octanol–water partition coefficient (Wildman–Crippen LogP) is 2.59. The number of nitrogens with zero attached hydrogens (tertiary/aromatic N) is 1. The second-order valence-electron chi connectivity index (χ2n) is 5.70. The first kappa shape index (κ1) is 16.0. The average molecular weight is 327 g/mol. The third-order valence-electron chi connectivity index (χ3n) is 3.99. The first-order chi connectivity index (χ1) is 11.5. The van der Waals surface area contributed by atoms with Crippen LogP contribution in [0.15, 0.2) is 42.5 Å². The minimum Gasteiger partial charge on any atom is -0.348 e. The van der Waals surface area contributed by atoms with Gasteiger partial charge in [-0.3, -0.25) is 9.69 Å². The standard InChI is InChI=1S/C18H18FN3O2/c1-12-2-3-13(10-16(12)19)11-21-17(23)14-4-6-15(7-5-14)22-9-8-20-18(22)24/h2-7,10H,8-9,11H2,1H3,(H,20,24)(H,21,23). The van der Waals surface area contributed by atoms with Gasteiger partial charge in [0.2, 0.25) is 0 Å². The molecule has 3 amide bonds. The summed E-state index contributed by atoms with van der Waals surface area (Å²) in [7, 11) is 0. The summed E-state index contributed by atoms with van der Waals surface area (Å²) in [6, 6.07) is 11.6. The maximum Gasteiger partial charge on any atom is 0.321 e. The van der Waals surface area contributed by atoms with Crippen molar-refractivity contribution in [2.24, 2.45) is 0 Å². The van der Waals surface area contributed by atoms with Gasteiger partial charge >= 0.3 is 6.03 Å². The van der Waals surface area contributed by atoms with Crippen molar-refractivity contribution in [3.8, 4) is 0 Å². The lowest BCUT2D eigenvalue weighted by Gasteiger charge is -2.14. The Balaban J connectivity index is 1.62. The molecule has 5 nitrogen and oxygen atoms in total. The van der Waals surface area contributed by atoms with E-state index in [9.17, 15) is 14.0 Å². The molecule has 0 aromatic heterocycles. The number of carbonyl (C=O) groups is 2. The molecular weight excluding hydrogens is 309 g/mol. The monoisotopic (exact) mass is 327 g/mol. The summed E-state index contributed by atoms with van der Waals surface area (Å²) in [5.41, 5.74) is 2.52. The van der Waals surface area contributed by atoms with Gasteiger partial charge in [-0.1, -0.05) is 12.1 Å². The van der Waals surface area contributed by atoms with Crippen molar-refractivity contribution in [3.63, 3.8) is 0 Å². The molecule has 3 rings (SSSR count). The summed E-state index contributed by atoms with van der Waals surface area (Å²) in [6.07, 6.45) is 0. The number of amides is 3. The van der Waals surface area contributed by atoms with Crippen LogP contribution < -0.4 is 15.5 Å². The van der Waals surface area contributed by atoms with Crippen LogP contribution in [0.25, 0.3) is 0 Å². The molecule has 0 spiro atoms. The lowest BCUT2D eigenvalue weighted by atomic mass is 10.1. The molecule has 124 valence electrons. The van der Waals surface area contributed by atoms with E-state index in [1.807, 2.05) is 0 Å². The molecular formula is C18H18FN3O2. The number of rotatable bonds is 4. The van der Waals surface area contributed by atoms with Gasteiger partial charge in [-0.2, -0.15) is 0 Å². The van der Waals surface area contributed by atoms with E-state index in [2.05, 4.69) is 10.6 Å². The van der Waals surface area contributed by atoms with Crippen LogP contribution in [0.2, 0.25) is 0 Å². The highest BCUT2D eigenvalue weighted by Crippen LogP contribution is 2.17. The molecule has 1 saturated heterocycles. The van der Waals surface area contributed by atoms with E-state index in [1.54, 1.807) is 48.2 Å². The quantitative estimate of drug-likeness (QED) is 0.907. The number of hydrogen-bond acceptors (Lipinski definition) is 2. The fourth-order valence-electron chi connectivity index (χ4n) is 2.54. The number of carbonyl (C=O) groups excluding carboxylic acids is 2. The van der Waals surface area contributed by atoms with Crippen LogP contribution in [-0.4, -0.2) is 25.0 Å². The third kappa shape index (κ3) is 3.37. The van der Waals surface area contributed by atoms with Gasteiger partial charge in [0.1, 0.15) is 5.82 Å². The maximum atomic E-state index is 13.5. The fourth-order valence-corrected chi connectivity index (χ4v) is 2.54. The lowest BCUT2D eigenvalue weighted by Crippen LogP contribution is -2.28. The Morgan fingerprint density at radius 1 is 1.25 bits per heavy atom. The number of benzene rings is 2. The fraction of sp³-hybridized carbons (Fsp3) is 0.222. The molecule has 1 fully saturated rings. The Bertz CT molecular complexity index is 774. The van der Waals surface area contributed by atoms with Gasteiger partial charge in [0.05, 0.1) is 0 Å². The van der Waals surface area contributed by atoms with E-state index in [-0.39, 0.29) is 24.3 Å². The average Bonchev–Trinajstić information content (AvgIpc) is 3.02. The number of aryl methyl sites for hydroxylation is 1. The Morgan fingerprint density at radius 2 is 2.00 bits per heavy atom. The Kier molecular flexibility index (Phi) is 4.46. The van der Waals surface area contributed by atoms with Crippen molar-refractivity contribution < 1.29 is 14.0 Å². The maximum absolute atomic E-state index is 13.5. The number of urea groups is 1. The molecule has 2 aromatic rings.